The number of phenolic OH excluding ortho intramolecular Hbond substituents is 1. The van der Waals surface area contributed by atoms with Crippen molar-refractivity contribution < 1.29 is 9.90 Å². The van der Waals surface area contributed by atoms with Crippen LogP contribution in [0.1, 0.15) is 103 Å². The lowest BCUT2D eigenvalue weighted by atomic mass is 10.0. The molecule has 0 spiro atoms. The Morgan fingerprint density at radius 3 is 1.79 bits per heavy atom. The van der Waals surface area contributed by atoms with Gasteiger partial charge in [-0.1, -0.05) is 96.5 Å². The van der Waals surface area contributed by atoms with E-state index < -0.39 is 0 Å². The molecule has 0 bridgehead atoms. The third kappa shape index (κ3) is 15.6. The van der Waals surface area contributed by atoms with Crippen molar-refractivity contribution in [1.29, 1.82) is 0 Å². The third-order valence-corrected chi connectivity index (χ3v) is 5.18. The van der Waals surface area contributed by atoms with E-state index in [1.807, 2.05) is 6.08 Å². The van der Waals surface area contributed by atoms with Crippen LogP contribution in [-0.2, 0) is 0 Å². The second-order valence-corrected chi connectivity index (χ2v) is 7.93. The number of nitrogens with one attached hydrogen (secondary N) is 2. The minimum absolute atomic E-state index is 0.184. The molecule has 0 aliphatic carbocycles. The number of unbranched alkanes of at least 4 members (excludes halogenated alkanes) is 14. The number of hydrogen-bond donors (Lipinski definition) is 3. The summed E-state index contributed by atoms with van der Waals surface area (Å²) in [7, 11) is 0. The van der Waals surface area contributed by atoms with Crippen LogP contribution in [0.2, 0.25) is 0 Å². The molecule has 0 aliphatic rings. The van der Waals surface area contributed by atoms with Gasteiger partial charge >= 0.3 is 6.03 Å². The van der Waals surface area contributed by atoms with E-state index in [1.165, 1.54) is 89.9 Å². The van der Waals surface area contributed by atoms with Gasteiger partial charge in [0.25, 0.3) is 0 Å². The summed E-state index contributed by atoms with van der Waals surface area (Å²) in [5, 5.41) is 14.6. The molecule has 0 unspecified atom stereocenters. The average Bonchev–Trinajstić information content (AvgIpc) is 2.72. The zero-order valence-electron chi connectivity index (χ0n) is 18.4. The van der Waals surface area contributed by atoms with Crippen LogP contribution in [0.25, 0.3) is 0 Å². The maximum absolute atomic E-state index is 11.7. The monoisotopic (exact) mass is 402 g/mol. The molecule has 164 valence electrons. The van der Waals surface area contributed by atoms with Gasteiger partial charge in [-0.25, -0.2) is 4.79 Å². The molecule has 0 aliphatic heterocycles. The fourth-order valence-corrected chi connectivity index (χ4v) is 3.39. The SMILES string of the molecule is CCCCCCCCCCCCCCCCC=CNC(=O)Nc1ccc(O)cc1. The number of amides is 2. The average molecular weight is 403 g/mol. The Labute approximate surface area is 178 Å². The number of rotatable bonds is 17. The highest BCUT2D eigenvalue weighted by Crippen LogP contribution is 2.14. The normalized spacial score (nSPS) is 11.1. The molecule has 3 N–H and O–H groups in total. The van der Waals surface area contributed by atoms with Crippen LogP contribution >= 0.6 is 0 Å². The summed E-state index contributed by atoms with van der Waals surface area (Å²) in [4.78, 5) is 11.7. The number of urea groups is 1. The lowest BCUT2D eigenvalue weighted by Crippen LogP contribution is -2.23. The second kappa shape index (κ2) is 18.1. The number of benzene rings is 1. The van der Waals surface area contributed by atoms with Crippen molar-refractivity contribution in [1.82, 2.24) is 5.32 Å². The van der Waals surface area contributed by atoms with Crippen molar-refractivity contribution in [2.45, 2.75) is 103 Å². The van der Waals surface area contributed by atoms with Crippen LogP contribution in [0.5, 0.6) is 5.75 Å². The number of allylic oxidation sites excluding steroid dienone is 1. The fraction of sp³-hybridized carbons (Fsp3) is 0.640. The van der Waals surface area contributed by atoms with E-state index in [-0.39, 0.29) is 11.8 Å². The minimum atomic E-state index is -0.270. The molecular formula is C25H42N2O2. The number of aromatic hydroxyl groups is 1. The highest BCUT2D eigenvalue weighted by Gasteiger charge is 1.98. The Bertz CT molecular complexity index is 540. The van der Waals surface area contributed by atoms with E-state index in [0.717, 1.165) is 6.42 Å². The summed E-state index contributed by atoms with van der Waals surface area (Å²) in [6.45, 7) is 2.27. The van der Waals surface area contributed by atoms with Crippen molar-refractivity contribution in [3.63, 3.8) is 0 Å². The first-order chi connectivity index (χ1) is 14.2. The van der Waals surface area contributed by atoms with Crippen LogP contribution in [0.15, 0.2) is 36.5 Å². The lowest BCUT2D eigenvalue weighted by Gasteiger charge is -2.04. The topological polar surface area (TPSA) is 61.4 Å². The van der Waals surface area contributed by atoms with Gasteiger partial charge in [0.1, 0.15) is 5.75 Å². The van der Waals surface area contributed by atoms with Gasteiger partial charge in [-0.05, 0) is 37.1 Å². The van der Waals surface area contributed by atoms with Crippen molar-refractivity contribution in [2.75, 3.05) is 5.32 Å². The summed E-state index contributed by atoms with van der Waals surface area (Å²) in [5.74, 6) is 0.184. The van der Waals surface area contributed by atoms with Gasteiger partial charge in [-0.2, -0.15) is 0 Å². The molecule has 0 radical (unpaired) electrons. The van der Waals surface area contributed by atoms with Crippen LogP contribution < -0.4 is 10.6 Å². The van der Waals surface area contributed by atoms with E-state index in [9.17, 15) is 9.90 Å². The first-order valence-electron chi connectivity index (χ1n) is 11.7. The Kier molecular flexibility index (Phi) is 15.6. The van der Waals surface area contributed by atoms with Gasteiger partial charge in [0.2, 0.25) is 0 Å². The molecule has 0 heterocycles. The highest BCUT2D eigenvalue weighted by molar-refractivity contribution is 5.89. The van der Waals surface area contributed by atoms with Crippen LogP contribution in [-0.4, -0.2) is 11.1 Å². The van der Waals surface area contributed by atoms with Crippen LogP contribution in [0.3, 0.4) is 0 Å². The van der Waals surface area contributed by atoms with E-state index in [1.54, 1.807) is 30.5 Å². The van der Waals surface area contributed by atoms with Crippen LogP contribution in [0.4, 0.5) is 10.5 Å². The van der Waals surface area contributed by atoms with Crippen LogP contribution in [0, 0.1) is 0 Å². The summed E-state index contributed by atoms with van der Waals surface area (Å²) in [5.41, 5.74) is 0.653. The van der Waals surface area contributed by atoms with Crippen molar-refractivity contribution in [3.8, 4) is 5.75 Å². The lowest BCUT2D eigenvalue weighted by molar-refractivity contribution is 0.255. The van der Waals surface area contributed by atoms with E-state index in [4.69, 9.17) is 0 Å². The predicted octanol–water partition coefficient (Wildman–Crippen LogP) is 7.90. The number of anilines is 1. The maximum Gasteiger partial charge on any atom is 0.323 e. The van der Waals surface area contributed by atoms with Crippen molar-refractivity contribution >= 4 is 11.7 Å². The number of carbonyl (C=O) groups is 1. The predicted molar refractivity (Wildman–Crippen MR) is 124 cm³/mol. The third-order valence-electron chi connectivity index (χ3n) is 5.18. The molecular weight excluding hydrogens is 360 g/mol. The number of carbonyl (C=O) groups excluding carboxylic acids is 1. The molecule has 0 saturated carbocycles. The molecule has 0 saturated heterocycles. The molecule has 1 aromatic carbocycles. The molecule has 0 fully saturated rings. The first kappa shape index (κ1) is 25.1. The molecule has 4 nitrogen and oxygen atoms in total. The molecule has 0 atom stereocenters. The smallest absolute Gasteiger partial charge is 0.323 e. The Morgan fingerprint density at radius 1 is 0.793 bits per heavy atom. The minimum Gasteiger partial charge on any atom is -0.508 e. The Hall–Kier alpha value is -1.97. The van der Waals surface area contributed by atoms with E-state index in [2.05, 4.69) is 17.6 Å². The van der Waals surface area contributed by atoms with Gasteiger partial charge in [0.05, 0.1) is 0 Å². The molecule has 0 aromatic heterocycles. The zero-order valence-corrected chi connectivity index (χ0v) is 18.4. The summed E-state index contributed by atoms with van der Waals surface area (Å²) in [6, 6.07) is 6.13. The van der Waals surface area contributed by atoms with Crippen molar-refractivity contribution in [3.05, 3.63) is 36.5 Å². The number of phenols is 1. The Morgan fingerprint density at radius 2 is 1.28 bits per heavy atom. The molecule has 29 heavy (non-hydrogen) atoms. The fourth-order valence-electron chi connectivity index (χ4n) is 3.39. The van der Waals surface area contributed by atoms with Gasteiger partial charge in [-0.15, -0.1) is 0 Å². The number of hydrogen-bond acceptors (Lipinski definition) is 2. The highest BCUT2D eigenvalue weighted by atomic mass is 16.3. The van der Waals surface area contributed by atoms with Gasteiger partial charge in [0.15, 0.2) is 0 Å². The van der Waals surface area contributed by atoms with E-state index in [0.29, 0.717) is 5.69 Å². The van der Waals surface area contributed by atoms with Gasteiger partial charge in [0, 0.05) is 11.9 Å². The molecule has 1 rings (SSSR count). The first-order valence-corrected chi connectivity index (χ1v) is 11.7. The van der Waals surface area contributed by atoms with E-state index >= 15 is 0 Å². The van der Waals surface area contributed by atoms with Crippen molar-refractivity contribution in [2.24, 2.45) is 0 Å². The quantitative estimate of drug-likeness (QED) is 0.183. The summed E-state index contributed by atoms with van der Waals surface area (Å²) < 4.78 is 0. The van der Waals surface area contributed by atoms with Gasteiger partial charge < -0.3 is 15.7 Å². The standard InChI is InChI=1S/C25H42N2O2/c1-2-3-4-5-6-7-8-9-10-11-12-13-14-15-16-17-22-26-25(29)27-23-18-20-24(28)21-19-23/h17-22,28H,2-16H2,1H3,(H2,26,27,29). The second-order valence-electron chi connectivity index (χ2n) is 7.93. The summed E-state index contributed by atoms with van der Waals surface area (Å²) in [6.07, 6.45) is 23.9. The molecule has 4 heteroatoms. The zero-order chi connectivity index (χ0) is 21.0. The Balaban J connectivity index is 1.83. The summed E-state index contributed by atoms with van der Waals surface area (Å²) >= 11 is 0. The molecule has 1 aromatic rings. The maximum atomic E-state index is 11.7. The van der Waals surface area contributed by atoms with Gasteiger partial charge in [-0.3, -0.25) is 0 Å². The largest absolute Gasteiger partial charge is 0.508 e. The molecule has 2 amide bonds.